The molecule has 1 aromatic rings. The lowest BCUT2D eigenvalue weighted by Gasteiger charge is -2.06. The van der Waals surface area contributed by atoms with Gasteiger partial charge in [-0.05, 0) is 48.0 Å². The molecule has 0 heterocycles. The Balaban J connectivity index is 2.79. The van der Waals surface area contributed by atoms with Crippen LogP contribution in [-0.4, -0.2) is 12.4 Å². The first-order valence-electron chi connectivity index (χ1n) is 4.69. The summed E-state index contributed by atoms with van der Waals surface area (Å²) in [4.78, 5) is 11.1. The summed E-state index contributed by atoms with van der Waals surface area (Å²) in [6.07, 6.45) is 3.85. The molecule has 0 fully saturated rings. The fourth-order valence-electron chi connectivity index (χ4n) is 1.07. The molecule has 80 valence electrons. The Kier molecular flexibility index (Phi) is 4.56. The van der Waals surface area contributed by atoms with Gasteiger partial charge in [-0.3, -0.25) is 4.79 Å². The van der Waals surface area contributed by atoms with E-state index in [-0.39, 0.29) is 5.78 Å². The minimum absolute atomic E-state index is 0.0516. The molecule has 1 rings (SSSR count). The average molecular weight is 269 g/mol. The van der Waals surface area contributed by atoms with E-state index in [0.29, 0.717) is 12.2 Å². The zero-order valence-electron chi connectivity index (χ0n) is 8.79. The van der Waals surface area contributed by atoms with Crippen LogP contribution in [0.2, 0.25) is 0 Å². The predicted octanol–water partition coefficient (Wildman–Crippen LogP) is 3.61. The van der Waals surface area contributed by atoms with Crippen molar-refractivity contribution in [3.05, 3.63) is 40.4 Å². The summed E-state index contributed by atoms with van der Waals surface area (Å²) in [5.74, 6) is 0.800. The van der Waals surface area contributed by atoms with Crippen LogP contribution in [0.25, 0.3) is 0 Å². The Morgan fingerprint density at radius 3 is 2.80 bits per heavy atom. The van der Waals surface area contributed by atoms with Crippen molar-refractivity contribution in [3.8, 4) is 5.75 Å². The van der Waals surface area contributed by atoms with Crippen LogP contribution in [-0.2, 0) is 0 Å². The maximum absolute atomic E-state index is 11.1. The summed E-state index contributed by atoms with van der Waals surface area (Å²) in [6, 6.07) is 5.33. The van der Waals surface area contributed by atoms with E-state index in [0.717, 1.165) is 10.2 Å². The van der Waals surface area contributed by atoms with Gasteiger partial charge in [-0.1, -0.05) is 12.2 Å². The van der Waals surface area contributed by atoms with Gasteiger partial charge in [0.15, 0.2) is 5.78 Å². The second kappa shape index (κ2) is 5.71. The fourth-order valence-corrected chi connectivity index (χ4v) is 1.56. The van der Waals surface area contributed by atoms with E-state index in [2.05, 4.69) is 15.9 Å². The Hall–Kier alpha value is -1.09. The van der Waals surface area contributed by atoms with Crippen molar-refractivity contribution in [1.82, 2.24) is 0 Å². The van der Waals surface area contributed by atoms with E-state index in [4.69, 9.17) is 4.74 Å². The summed E-state index contributed by atoms with van der Waals surface area (Å²) < 4.78 is 6.27. The molecule has 0 bridgehead atoms. The number of hydrogen-bond acceptors (Lipinski definition) is 2. The lowest BCUT2D eigenvalue weighted by Crippen LogP contribution is -1.96. The summed E-state index contributed by atoms with van der Waals surface area (Å²) >= 11 is 3.37. The molecule has 0 spiro atoms. The third-order valence-corrected chi connectivity index (χ3v) is 2.53. The highest BCUT2D eigenvalue weighted by Crippen LogP contribution is 2.26. The van der Waals surface area contributed by atoms with Crippen LogP contribution >= 0.6 is 15.9 Å². The van der Waals surface area contributed by atoms with Crippen LogP contribution in [0.15, 0.2) is 34.8 Å². The molecular weight excluding hydrogens is 256 g/mol. The highest BCUT2D eigenvalue weighted by molar-refractivity contribution is 9.10. The van der Waals surface area contributed by atoms with E-state index >= 15 is 0 Å². The van der Waals surface area contributed by atoms with Crippen LogP contribution in [0.3, 0.4) is 0 Å². The molecule has 0 N–H and O–H groups in total. The Bertz CT molecular complexity index is 383. The number of carbonyl (C=O) groups is 1. The van der Waals surface area contributed by atoms with E-state index in [1.807, 2.05) is 19.1 Å². The largest absolute Gasteiger partial charge is 0.488 e. The molecular formula is C12H13BrO2. The summed E-state index contributed by atoms with van der Waals surface area (Å²) in [5.41, 5.74) is 0.681. The minimum Gasteiger partial charge on any atom is -0.488 e. The van der Waals surface area contributed by atoms with E-state index in [1.54, 1.807) is 25.1 Å². The maximum atomic E-state index is 11.1. The molecule has 2 nitrogen and oxygen atoms in total. The zero-order chi connectivity index (χ0) is 11.3. The normalized spacial score (nSPS) is 10.6. The van der Waals surface area contributed by atoms with Gasteiger partial charge in [0.25, 0.3) is 0 Å². The molecule has 3 heteroatoms. The number of hydrogen-bond donors (Lipinski definition) is 0. The van der Waals surface area contributed by atoms with Crippen molar-refractivity contribution in [3.63, 3.8) is 0 Å². The number of benzene rings is 1. The van der Waals surface area contributed by atoms with Crippen LogP contribution < -0.4 is 4.74 Å². The van der Waals surface area contributed by atoms with Crippen LogP contribution in [0.4, 0.5) is 0 Å². The number of carbonyl (C=O) groups excluding carboxylic acids is 1. The molecule has 0 unspecified atom stereocenters. The van der Waals surface area contributed by atoms with Crippen molar-refractivity contribution in [2.45, 2.75) is 13.8 Å². The van der Waals surface area contributed by atoms with Crippen molar-refractivity contribution in [2.24, 2.45) is 0 Å². The lowest BCUT2D eigenvalue weighted by molar-refractivity contribution is 0.101. The van der Waals surface area contributed by atoms with Crippen LogP contribution in [0.1, 0.15) is 24.2 Å². The van der Waals surface area contributed by atoms with Gasteiger partial charge in [0, 0.05) is 5.56 Å². The standard InChI is InChI=1S/C12H13BrO2/c1-3-4-7-15-12-6-5-10(9(2)14)8-11(12)13/h3-6,8H,7H2,1-2H3. The van der Waals surface area contributed by atoms with Crippen molar-refractivity contribution >= 4 is 21.7 Å². The highest BCUT2D eigenvalue weighted by Gasteiger charge is 2.04. The molecule has 0 aliphatic heterocycles. The van der Waals surface area contributed by atoms with Crippen LogP contribution in [0, 0.1) is 0 Å². The molecule has 0 aliphatic carbocycles. The highest BCUT2D eigenvalue weighted by atomic mass is 79.9. The third kappa shape index (κ3) is 3.51. The summed E-state index contributed by atoms with van der Waals surface area (Å²) in [5, 5.41) is 0. The maximum Gasteiger partial charge on any atom is 0.159 e. The molecule has 0 saturated carbocycles. The molecule has 0 saturated heterocycles. The number of halogens is 1. The number of Topliss-reactive ketones (excluding diaryl/α,β-unsaturated/α-hetero) is 1. The first kappa shape index (κ1) is 12.0. The average Bonchev–Trinajstić information content (AvgIpc) is 2.20. The molecule has 0 aromatic heterocycles. The van der Waals surface area contributed by atoms with Gasteiger partial charge >= 0.3 is 0 Å². The van der Waals surface area contributed by atoms with Crippen molar-refractivity contribution in [2.75, 3.05) is 6.61 Å². The predicted molar refractivity (Wildman–Crippen MR) is 64.5 cm³/mol. The van der Waals surface area contributed by atoms with Crippen LogP contribution in [0.5, 0.6) is 5.75 Å². The third-order valence-electron chi connectivity index (χ3n) is 1.91. The SMILES string of the molecule is CC=CCOc1ccc(C(C)=O)cc1Br. The number of allylic oxidation sites excluding steroid dienone is 1. The first-order valence-corrected chi connectivity index (χ1v) is 5.49. The second-order valence-electron chi connectivity index (χ2n) is 3.08. The van der Waals surface area contributed by atoms with E-state index < -0.39 is 0 Å². The Labute approximate surface area is 98.1 Å². The molecule has 0 aliphatic rings. The quantitative estimate of drug-likeness (QED) is 0.616. The Morgan fingerprint density at radius 1 is 1.53 bits per heavy atom. The smallest absolute Gasteiger partial charge is 0.159 e. The summed E-state index contributed by atoms with van der Waals surface area (Å²) in [7, 11) is 0. The molecule has 15 heavy (non-hydrogen) atoms. The second-order valence-corrected chi connectivity index (χ2v) is 3.94. The first-order chi connectivity index (χ1) is 7.15. The molecule has 1 aromatic carbocycles. The van der Waals surface area contributed by atoms with Gasteiger partial charge in [-0.2, -0.15) is 0 Å². The van der Waals surface area contributed by atoms with Gasteiger partial charge in [0.1, 0.15) is 12.4 Å². The lowest BCUT2D eigenvalue weighted by atomic mass is 10.1. The Morgan fingerprint density at radius 2 is 2.27 bits per heavy atom. The number of rotatable bonds is 4. The minimum atomic E-state index is 0.0516. The molecule has 0 atom stereocenters. The van der Waals surface area contributed by atoms with Gasteiger partial charge in [-0.25, -0.2) is 0 Å². The van der Waals surface area contributed by atoms with Gasteiger partial charge < -0.3 is 4.74 Å². The molecule has 0 radical (unpaired) electrons. The van der Waals surface area contributed by atoms with E-state index in [1.165, 1.54) is 0 Å². The monoisotopic (exact) mass is 268 g/mol. The fraction of sp³-hybridized carbons (Fsp3) is 0.250. The molecule has 0 amide bonds. The number of ether oxygens (including phenoxy) is 1. The van der Waals surface area contributed by atoms with Gasteiger partial charge in [0.2, 0.25) is 0 Å². The number of ketones is 1. The zero-order valence-corrected chi connectivity index (χ0v) is 10.4. The van der Waals surface area contributed by atoms with Crippen molar-refractivity contribution < 1.29 is 9.53 Å². The summed E-state index contributed by atoms with van der Waals surface area (Å²) in [6.45, 7) is 4.02. The topological polar surface area (TPSA) is 26.3 Å². The van der Waals surface area contributed by atoms with Crippen molar-refractivity contribution in [1.29, 1.82) is 0 Å². The van der Waals surface area contributed by atoms with Gasteiger partial charge in [0.05, 0.1) is 4.47 Å². The van der Waals surface area contributed by atoms with Gasteiger partial charge in [-0.15, -0.1) is 0 Å². The van der Waals surface area contributed by atoms with E-state index in [9.17, 15) is 4.79 Å².